The van der Waals surface area contributed by atoms with Gasteiger partial charge in [0.15, 0.2) is 0 Å². The monoisotopic (exact) mass is 301 g/mol. The molecule has 0 spiro atoms. The number of rotatable bonds is 7. The average molecular weight is 301 g/mol. The van der Waals surface area contributed by atoms with Crippen molar-refractivity contribution in [1.82, 2.24) is 15.4 Å². The molecule has 0 atom stereocenters. The van der Waals surface area contributed by atoms with Gasteiger partial charge in [-0.15, -0.1) is 0 Å². The van der Waals surface area contributed by atoms with Gasteiger partial charge in [-0.05, 0) is 29.3 Å². The van der Waals surface area contributed by atoms with Crippen molar-refractivity contribution in [1.29, 1.82) is 0 Å². The largest absolute Gasteiger partial charge is 0.395 e. The van der Waals surface area contributed by atoms with E-state index < -0.39 is 5.91 Å². The first-order valence-electron chi connectivity index (χ1n) is 6.98. The molecule has 6 heteroatoms. The van der Waals surface area contributed by atoms with Crippen LogP contribution in [0.25, 0.3) is 0 Å². The molecule has 0 unspecified atom stereocenters. The summed E-state index contributed by atoms with van der Waals surface area (Å²) in [4.78, 5) is 17.5. The number of pyridine rings is 1. The van der Waals surface area contributed by atoms with Crippen molar-refractivity contribution < 1.29 is 15.1 Å². The lowest BCUT2D eigenvalue weighted by molar-refractivity contribution is 0.0706. The van der Waals surface area contributed by atoms with Gasteiger partial charge in [0.2, 0.25) is 0 Å². The van der Waals surface area contributed by atoms with Gasteiger partial charge in [-0.1, -0.05) is 18.2 Å². The van der Waals surface area contributed by atoms with Gasteiger partial charge in [0.1, 0.15) is 0 Å². The second-order valence-corrected chi connectivity index (χ2v) is 4.93. The van der Waals surface area contributed by atoms with Crippen LogP contribution in [-0.2, 0) is 13.1 Å². The predicted molar refractivity (Wildman–Crippen MR) is 81.1 cm³/mol. The van der Waals surface area contributed by atoms with Gasteiger partial charge in [-0.25, -0.2) is 5.48 Å². The number of aliphatic hydroxyl groups excluding tert-OH is 1. The number of aliphatic hydroxyl groups is 1. The van der Waals surface area contributed by atoms with E-state index in [4.69, 9.17) is 5.21 Å². The average Bonchev–Trinajstić information content (AvgIpc) is 2.56. The molecule has 0 fully saturated rings. The number of benzene rings is 1. The van der Waals surface area contributed by atoms with Crippen LogP contribution in [0, 0.1) is 0 Å². The number of amides is 1. The number of nitrogens with zero attached hydrogens (tertiary/aromatic N) is 2. The van der Waals surface area contributed by atoms with E-state index in [1.54, 1.807) is 30.0 Å². The quantitative estimate of drug-likeness (QED) is 0.528. The first-order chi connectivity index (χ1) is 10.7. The van der Waals surface area contributed by atoms with Crippen molar-refractivity contribution in [2.24, 2.45) is 0 Å². The van der Waals surface area contributed by atoms with Crippen LogP contribution in [0.3, 0.4) is 0 Å². The molecule has 2 aromatic rings. The summed E-state index contributed by atoms with van der Waals surface area (Å²) in [5.41, 5.74) is 4.10. The summed E-state index contributed by atoms with van der Waals surface area (Å²) in [6.45, 7) is 1.96. The Kier molecular flexibility index (Phi) is 6.02. The zero-order chi connectivity index (χ0) is 15.8. The number of hydroxylamine groups is 1. The lowest BCUT2D eigenvalue weighted by Crippen LogP contribution is -2.26. The van der Waals surface area contributed by atoms with Crippen molar-refractivity contribution >= 4 is 5.91 Å². The van der Waals surface area contributed by atoms with E-state index in [9.17, 15) is 9.90 Å². The third-order valence-corrected chi connectivity index (χ3v) is 3.27. The lowest BCUT2D eigenvalue weighted by atomic mass is 10.1. The minimum atomic E-state index is -0.533. The van der Waals surface area contributed by atoms with Crippen molar-refractivity contribution in [2.75, 3.05) is 13.2 Å². The fourth-order valence-corrected chi connectivity index (χ4v) is 2.19. The van der Waals surface area contributed by atoms with E-state index >= 15 is 0 Å². The second-order valence-electron chi connectivity index (χ2n) is 4.93. The smallest absolute Gasteiger partial charge is 0.274 e. The fraction of sp³-hybridized carbons (Fsp3) is 0.250. The summed E-state index contributed by atoms with van der Waals surface area (Å²) in [6.07, 6.45) is 3.53. The number of nitrogens with one attached hydrogen (secondary N) is 1. The molecule has 3 N–H and O–H groups in total. The lowest BCUT2D eigenvalue weighted by Gasteiger charge is -2.21. The molecule has 0 aliphatic carbocycles. The summed E-state index contributed by atoms with van der Waals surface area (Å²) >= 11 is 0. The summed E-state index contributed by atoms with van der Waals surface area (Å²) in [7, 11) is 0. The highest BCUT2D eigenvalue weighted by Gasteiger charge is 2.08. The topological polar surface area (TPSA) is 85.7 Å². The number of carbonyl (C=O) groups is 1. The number of aromatic nitrogens is 1. The Balaban J connectivity index is 2.02. The summed E-state index contributed by atoms with van der Waals surface area (Å²) in [5.74, 6) is -0.533. The SMILES string of the molecule is O=C(NO)c1ccc(CN(CCO)Cc2cccnc2)cc1. The van der Waals surface area contributed by atoms with E-state index in [2.05, 4.69) is 9.88 Å². The Morgan fingerprint density at radius 3 is 2.45 bits per heavy atom. The Hall–Kier alpha value is -2.28. The first-order valence-corrected chi connectivity index (χ1v) is 6.98. The molecule has 0 aliphatic rings. The van der Waals surface area contributed by atoms with Crippen LogP contribution < -0.4 is 5.48 Å². The molecule has 0 aliphatic heterocycles. The van der Waals surface area contributed by atoms with E-state index in [1.807, 2.05) is 24.3 Å². The van der Waals surface area contributed by atoms with Crippen LogP contribution in [0.5, 0.6) is 0 Å². The van der Waals surface area contributed by atoms with Crippen LogP contribution in [0.1, 0.15) is 21.5 Å². The third-order valence-electron chi connectivity index (χ3n) is 3.27. The molecule has 2 rings (SSSR count). The van der Waals surface area contributed by atoms with Gasteiger partial charge in [0.25, 0.3) is 5.91 Å². The maximum Gasteiger partial charge on any atom is 0.274 e. The molecule has 1 heterocycles. The highest BCUT2D eigenvalue weighted by atomic mass is 16.5. The van der Waals surface area contributed by atoms with Crippen LogP contribution >= 0.6 is 0 Å². The Bertz CT molecular complexity index is 587. The van der Waals surface area contributed by atoms with Gasteiger partial charge < -0.3 is 5.11 Å². The van der Waals surface area contributed by atoms with E-state index in [0.29, 0.717) is 25.2 Å². The Morgan fingerprint density at radius 2 is 1.86 bits per heavy atom. The molecule has 116 valence electrons. The summed E-state index contributed by atoms with van der Waals surface area (Å²) in [5, 5.41) is 17.8. The Morgan fingerprint density at radius 1 is 1.14 bits per heavy atom. The van der Waals surface area contributed by atoms with Gasteiger partial charge in [0, 0.05) is 37.6 Å². The van der Waals surface area contributed by atoms with Crippen LogP contribution in [0.2, 0.25) is 0 Å². The van der Waals surface area contributed by atoms with E-state index in [0.717, 1.165) is 11.1 Å². The molecule has 6 nitrogen and oxygen atoms in total. The number of hydrogen-bond donors (Lipinski definition) is 3. The zero-order valence-corrected chi connectivity index (χ0v) is 12.1. The van der Waals surface area contributed by atoms with Crippen molar-refractivity contribution in [3.63, 3.8) is 0 Å². The molecule has 1 amide bonds. The minimum Gasteiger partial charge on any atom is -0.395 e. The van der Waals surface area contributed by atoms with Crippen LogP contribution in [-0.4, -0.2) is 39.3 Å². The second kappa shape index (κ2) is 8.23. The van der Waals surface area contributed by atoms with Gasteiger partial charge in [-0.3, -0.25) is 19.9 Å². The van der Waals surface area contributed by atoms with Gasteiger partial charge in [0.05, 0.1) is 6.61 Å². The highest BCUT2D eigenvalue weighted by molar-refractivity contribution is 5.93. The maximum atomic E-state index is 11.3. The van der Waals surface area contributed by atoms with Gasteiger partial charge >= 0.3 is 0 Å². The molecule has 0 saturated heterocycles. The molecule has 0 radical (unpaired) electrons. The van der Waals surface area contributed by atoms with Gasteiger partial charge in [-0.2, -0.15) is 0 Å². The van der Waals surface area contributed by atoms with Crippen LogP contribution in [0.15, 0.2) is 48.8 Å². The first kappa shape index (κ1) is 16.1. The highest BCUT2D eigenvalue weighted by Crippen LogP contribution is 2.10. The summed E-state index contributed by atoms with van der Waals surface area (Å²) < 4.78 is 0. The fourth-order valence-electron chi connectivity index (χ4n) is 2.19. The normalized spacial score (nSPS) is 10.7. The van der Waals surface area contributed by atoms with E-state index in [-0.39, 0.29) is 6.61 Å². The number of hydrogen-bond acceptors (Lipinski definition) is 5. The minimum absolute atomic E-state index is 0.0747. The molecule has 0 bridgehead atoms. The third kappa shape index (κ3) is 4.63. The molecule has 22 heavy (non-hydrogen) atoms. The van der Waals surface area contributed by atoms with Crippen molar-refractivity contribution in [3.05, 3.63) is 65.5 Å². The molecule has 1 aromatic heterocycles. The molecule has 0 saturated carbocycles. The standard InChI is InChI=1S/C16H19N3O3/c20-9-8-19(12-14-2-1-7-17-10-14)11-13-3-5-15(6-4-13)16(21)18-22/h1-7,10,20,22H,8-9,11-12H2,(H,18,21). The Labute approximate surface area is 129 Å². The summed E-state index contributed by atoms with van der Waals surface area (Å²) in [6, 6.07) is 10.8. The predicted octanol–water partition coefficient (Wildman–Crippen LogP) is 1.20. The molecular formula is C16H19N3O3. The van der Waals surface area contributed by atoms with Crippen molar-refractivity contribution in [2.45, 2.75) is 13.1 Å². The molecule has 1 aromatic carbocycles. The van der Waals surface area contributed by atoms with Crippen molar-refractivity contribution in [3.8, 4) is 0 Å². The zero-order valence-electron chi connectivity index (χ0n) is 12.1. The van der Waals surface area contributed by atoms with E-state index in [1.165, 1.54) is 0 Å². The number of carbonyl (C=O) groups excluding carboxylic acids is 1. The van der Waals surface area contributed by atoms with Crippen LogP contribution in [0.4, 0.5) is 0 Å². The maximum absolute atomic E-state index is 11.3. The molecular weight excluding hydrogens is 282 g/mol.